The molecule has 0 amide bonds. The first-order chi connectivity index (χ1) is 11.9. The van der Waals surface area contributed by atoms with Crippen molar-refractivity contribution in [1.82, 2.24) is 4.98 Å². The second-order valence-corrected chi connectivity index (χ2v) is 6.67. The van der Waals surface area contributed by atoms with Gasteiger partial charge in [-0.25, -0.2) is 0 Å². The molecule has 0 atom stereocenters. The average Bonchev–Trinajstić information content (AvgIpc) is 2.58. The molecule has 25 heavy (non-hydrogen) atoms. The highest BCUT2D eigenvalue weighted by Gasteiger charge is 2.15. The Balaban J connectivity index is 2.30. The number of nitrogens with zero attached hydrogens (tertiary/aromatic N) is 1. The summed E-state index contributed by atoms with van der Waals surface area (Å²) in [5.74, 6) is 0. The molecule has 124 valence electrons. The zero-order chi connectivity index (χ0) is 18.1. The fourth-order valence-corrected chi connectivity index (χ4v) is 3.03. The maximum absolute atomic E-state index is 12.4. The molecule has 3 aromatic rings. The Bertz CT molecular complexity index is 1080. The number of nitrogens with one attached hydrogen (secondary N) is 1. The number of hydrogen-bond donors (Lipinski definition) is 1. The van der Waals surface area contributed by atoms with E-state index >= 15 is 0 Å². The first kappa shape index (κ1) is 17.3. The molecule has 1 heterocycles. The maximum Gasteiger partial charge on any atom is 0.266 e. The fourth-order valence-electron chi connectivity index (χ4n) is 2.73. The number of rotatable bonds is 2. The summed E-state index contributed by atoms with van der Waals surface area (Å²) in [7, 11) is 0. The minimum atomic E-state index is -0.429. The van der Waals surface area contributed by atoms with Crippen molar-refractivity contribution < 1.29 is 0 Å². The second-order valence-electron chi connectivity index (χ2n) is 5.86. The van der Waals surface area contributed by atoms with Crippen LogP contribution in [0.5, 0.6) is 0 Å². The van der Waals surface area contributed by atoms with E-state index in [-0.39, 0.29) is 5.56 Å². The van der Waals surface area contributed by atoms with Crippen LogP contribution in [0.25, 0.3) is 22.4 Å². The van der Waals surface area contributed by atoms with Crippen LogP contribution >= 0.6 is 23.2 Å². The minimum absolute atomic E-state index is 0.0949. The lowest BCUT2D eigenvalue weighted by molar-refractivity contribution is 1.21. The number of aryl methyl sites for hydroxylation is 2. The molecule has 0 saturated carbocycles. The lowest BCUT2D eigenvalue weighted by Gasteiger charge is -2.11. The average molecular weight is 369 g/mol. The van der Waals surface area contributed by atoms with Crippen LogP contribution in [0.15, 0.2) is 47.3 Å². The van der Waals surface area contributed by atoms with Crippen molar-refractivity contribution in [2.45, 2.75) is 13.8 Å². The minimum Gasteiger partial charge on any atom is -0.321 e. The van der Waals surface area contributed by atoms with E-state index < -0.39 is 5.56 Å². The molecule has 3 rings (SSSR count). The molecule has 0 bridgehead atoms. The van der Waals surface area contributed by atoms with Gasteiger partial charge in [0.1, 0.15) is 11.6 Å². The molecule has 1 N–H and O–H groups in total. The lowest BCUT2D eigenvalue weighted by Crippen LogP contribution is -2.13. The summed E-state index contributed by atoms with van der Waals surface area (Å²) in [5, 5.41) is 10.3. The van der Waals surface area contributed by atoms with E-state index in [2.05, 4.69) is 4.98 Å². The Kier molecular flexibility index (Phi) is 4.67. The number of aromatic nitrogens is 1. The molecule has 0 saturated heterocycles. The molecular formula is C20H14Cl2N2O. The van der Waals surface area contributed by atoms with Gasteiger partial charge >= 0.3 is 0 Å². The summed E-state index contributed by atoms with van der Waals surface area (Å²) >= 11 is 12.1. The van der Waals surface area contributed by atoms with E-state index in [1.807, 2.05) is 38.1 Å². The Morgan fingerprint density at radius 2 is 1.72 bits per heavy atom. The third-order valence-electron chi connectivity index (χ3n) is 4.06. The normalized spacial score (nSPS) is 10.5. The maximum atomic E-state index is 12.4. The van der Waals surface area contributed by atoms with Crippen LogP contribution < -0.4 is 5.56 Å². The van der Waals surface area contributed by atoms with Crippen LogP contribution in [0.1, 0.15) is 16.7 Å². The summed E-state index contributed by atoms with van der Waals surface area (Å²) in [6.07, 6.45) is 0. The predicted molar refractivity (Wildman–Crippen MR) is 102 cm³/mol. The SMILES string of the molecule is Cc1ccc(C)c(-c2cc(-c3ccc(Cl)c(Cl)c3)[nH]c(=O)c2C#N)c1. The Labute approximate surface area is 155 Å². The van der Waals surface area contributed by atoms with Crippen molar-refractivity contribution in [2.24, 2.45) is 0 Å². The molecule has 3 nitrogen and oxygen atoms in total. The van der Waals surface area contributed by atoms with Crippen molar-refractivity contribution >= 4 is 23.2 Å². The second kappa shape index (κ2) is 6.76. The molecule has 0 spiro atoms. The van der Waals surface area contributed by atoms with E-state index in [1.165, 1.54) is 0 Å². The molecule has 0 aliphatic heterocycles. The highest BCUT2D eigenvalue weighted by Crippen LogP contribution is 2.31. The summed E-state index contributed by atoms with van der Waals surface area (Å²) < 4.78 is 0. The molecule has 0 radical (unpaired) electrons. The van der Waals surface area contributed by atoms with E-state index in [0.717, 1.165) is 22.3 Å². The van der Waals surface area contributed by atoms with Crippen LogP contribution in [-0.2, 0) is 0 Å². The standard InChI is InChI=1S/C20H14Cl2N2O/c1-11-3-4-12(2)14(7-11)15-9-19(24-20(25)16(15)10-23)13-5-6-17(21)18(22)8-13/h3-9H,1-2H3,(H,24,25). The Hall–Kier alpha value is -2.54. The van der Waals surface area contributed by atoms with Crippen LogP contribution in [0.3, 0.4) is 0 Å². The topological polar surface area (TPSA) is 56.6 Å². The molecule has 5 heteroatoms. The molecule has 2 aromatic carbocycles. The summed E-state index contributed by atoms with van der Waals surface area (Å²) in [6, 6.07) is 14.9. The predicted octanol–water partition coefficient (Wildman–Crippen LogP) is 5.50. The van der Waals surface area contributed by atoms with Gasteiger partial charge in [-0.3, -0.25) is 4.79 Å². The number of halogens is 2. The number of hydrogen-bond acceptors (Lipinski definition) is 2. The molecule has 0 fully saturated rings. The smallest absolute Gasteiger partial charge is 0.266 e. The van der Waals surface area contributed by atoms with Crippen LogP contribution in [0.2, 0.25) is 10.0 Å². The van der Waals surface area contributed by atoms with Gasteiger partial charge in [-0.05, 0) is 48.7 Å². The summed E-state index contributed by atoms with van der Waals surface area (Å²) in [4.78, 5) is 15.2. The molecule has 1 aromatic heterocycles. The number of benzene rings is 2. The third kappa shape index (κ3) is 3.32. The van der Waals surface area contributed by atoms with Gasteiger partial charge in [-0.2, -0.15) is 5.26 Å². The zero-order valence-electron chi connectivity index (χ0n) is 13.7. The van der Waals surface area contributed by atoms with Crippen molar-refractivity contribution in [3.05, 3.63) is 79.6 Å². The largest absolute Gasteiger partial charge is 0.321 e. The molecule has 0 unspecified atom stereocenters. The first-order valence-electron chi connectivity index (χ1n) is 7.61. The van der Waals surface area contributed by atoms with Gasteiger partial charge in [0.25, 0.3) is 5.56 Å². The van der Waals surface area contributed by atoms with Crippen LogP contribution in [0.4, 0.5) is 0 Å². The van der Waals surface area contributed by atoms with Gasteiger partial charge in [0, 0.05) is 11.3 Å². The van der Waals surface area contributed by atoms with Crippen molar-refractivity contribution in [3.8, 4) is 28.5 Å². The number of pyridine rings is 1. The van der Waals surface area contributed by atoms with Crippen molar-refractivity contribution in [3.63, 3.8) is 0 Å². The van der Waals surface area contributed by atoms with Gasteiger partial charge in [0.05, 0.1) is 10.0 Å². The van der Waals surface area contributed by atoms with E-state index in [9.17, 15) is 10.1 Å². The van der Waals surface area contributed by atoms with Crippen LogP contribution in [0, 0.1) is 25.2 Å². The summed E-state index contributed by atoms with van der Waals surface area (Å²) in [5.41, 5.74) is 4.49. The highest BCUT2D eigenvalue weighted by molar-refractivity contribution is 6.42. The molecular weight excluding hydrogens is 355 g/mol. The van der Waals surface area contributed by atoms with Gasteiger partial charge in [-0.15, -0.1) is 0 Å². The van der Waals surface area contributed by atoms with Gasteiger partial charge in [-0.1, -0.05) is 53.0 Å². The van der Waals surface area contributed by atoms with Gasteiger partial charge in [0.2, 0.25) is 0 Å². The van der Waals surface area contributed by atoms with Crippen molar-refractivity contribution in [1.29, 1.82) is 5.26 Å². The Morgan fingerprint density at radius 3 is 2.40 bits per heavy atom. The quantitative estimate of drug-likeness (QED) is 0.648. The summed E-state index contributed by atoms with van der Waals surface area (Å²) in [6.45, 7) is 3.93. The zero-order valence-corrected chi connectivity index (χ0v) is 15.2. The van der Waals surface area contributed by atoms with E-state index in [1.54, 1.807) is 24.3 Å². The fraction of sp³-hybridized carbons (Fsp3) is 0.100. The van der Waals surface area contributed by atoms with E-state index in [0.29, 0.717) is 21.3 Å². The number of H-pyrrole nitrogens is 1. The molecule has 0 aliphatic rings. The van der Waals surface area contributed by atoms with Gasteiger partial charge < -0.3 is 4.98 Å². The highest BCUT2D eigenvalue weighted by atomic mass is 35.5. The van der Waals surface area contributed by atoms with E-state index in [4.69, 9.17) is 23.2 Å². The van der Waals surface area contributed by atoms with Gasteiger partial charge in [0.15, 0.2) is 0 Å². The number of nitriles is 1. The van der Waals surface area contributed by atoms with Crippen LogP contribution in [-0.4, -0.2) is 4.98 Å². The third-order valence-corrected chi connectivity index (χ3v) is 4.80. The Morgan fingerprint density at radius 1 is 0.960 bits per heavy atom. The van der Waals surface area contributed by atoms with Crippen molar-refractivity contribution in [2.75, 3.05) is 0 Å². The molecule has 0 aliphatic carbocycles. The lowest BCUT2D eigenvalue weighted by atomic mass is 9.94. The monoisotopic (exact) mass is 368 g/mol. The first-order valence-corrected chi connectivity index (χ1v) is 8.37. The number of aromatic amines is 1.